The maximum atomic E-state index is 11.7. The summed E-state index contributed by atoms with van der Waals surface area (Å²) in [5.41, 5.74) is 5.37. The molecule has 1 saturated heterocycles. The van der Waals surface area contributed by atoms with Gasteiger partial charge in [0.05, 0.1) is 4.99 Å². The molecule has 0 bridgehead atoms. The van der Waals surface area contributed by atoms with Gasteiger partial charge in [-0.15, -0.1) is 0 Å². The summed E-state index contributed by atoms with van der Waals surface area (Å²) in [7, 11) is 0. The van der Waals surface area contributed by atoms with Crippen LogP contribution in [0, 0.1) is 0 Å². The van der Waals surface area contributed by atoms with E-state index in [1.165, 1.54) is 0 Å². The first-order chi connectivity index (χ1) is 7.13. The van der Waals surface area contributed by atoms with Crippen LogP contribution in [0.15, 0.2) is 0 Å². The van der Waals surface area contributed by atoms with Crippen LogP contribution in [0.25, 0.3) is 0 Å². The number of thiocarbonyl (C=S) groups is 1. The zero-order chi connectivity index (χ0) is 11.3. The van der Waals surface area contributed by atoms with E-state index in [9.17, 15) is 4.79 Å². The minimum Gasteiger partial charge on any atom is -0.393 e. The van der Waals surface area contributed by atoms with Crippen molar-refractivity contribution in [3.05, 3.63) is 0 Å². The van der Waals surface area contributed by atoms with Gasteiger partial charge in [0.15, 0.2) is 0 Å². The molecule has 1 amide bonds. The minimum absolute atomic E-state index is 0.179. The smallest absolute Gasteiger partial charge is 0.223 e. The monoisotopic (exact) mass is 229 g/mol. The molecule has 0 spiro atoms. The molecule has 0 aliphatic carbocycles. The highest BCUT2D eigenvalue weighted by molar-refractivity contribution is 7.80. The predicted octanol–water partition coefficient (Wildman–Crippen LogP) is 0.217. The van der Waals surface area contributed by atoms with Gasteiger partial charge in [0.1, 0.15) is 0 Å². The molecular weight excluding hydrogens is 210 g/mol. The van der Waals surface area contributed by atoms with E-state index in [-0.39, 0.29) is 5.91 Å². The second-order valence-electron chi connectivity index (χ2n) is 3.78. The lowest BCUT2D eigenvalue weighted by Crippen LogP contribution is -2.48. The van der Waals surface area contributed by atoms with Crippen LogP contribution in [0.4, 0.5) is 0 Å². The molecule has 2 N–H and O–H groups in total. The molecule has 0 atom stereocenters. The molecule has 5 heteroatoms. The van der Waals surface area contributed by atoms with E-state index in [0.29, 0.717) is 17.8 Å². The van der Waals surface area contributed by atoms with Gasteiger partial charge in [-0.1, -0.05) is 19.1 Å². The Morgan fingerprint density at radius 1 is 1.27 bits per heavy atom. The molecule has 0 aromatic heterocycles. The lowest BCUT2D eigenvalue weighted by Gasteiger charge is -2.34. The molecule has 0 unspecified atom stereocenters. The Hall–Kier alpha value is -0.680. The van der Waals surface area contributed by atoms with Crippen molar-refractivity contribution in [2.45, 2.75) is 19.8 Å². The number of hydrogen-bond acceptors (Lipinski definition) is 3. The summed E-state index contributed by atoms with van der Waals surface area (Å²) in [4.78, 5) is 16.4. The number of carbonyl (C=O) groups excluding carboxylic acids is 1. The van der Waals surface area contributed by atoms with Gasteiger partial charge in [-0.2, -0.15) is 0 Å². The first-order valence-electron chi connectivity index (χ1n) is 5.42. The predicted molar refractivity (Wildman–Crippen MR) is 64.7 cm³/mol. The summed E-state index contributed by atoms with van der Waals surface area (Å²) in [5, 5.41) is 0. The number of amides is 1. The Morgan fingerprint density at radius 2 is 1.87 bits per heavy atom. The summed E-state index contributed by atoms with van der Waals surface area (Å²) < 4.78 is 0. The highest BCUT2D eigenvalue weighted by Gasteiger charge is 2.19. The topological polar surface area (TPSA) is 49.6 Å². The summed E-state index contributed by atoms with van der Waals surface area (Å²) in [6.45, 7) is 6.85. The molecule has 15 heavy (non-hydrogen) atoms. The van der Waals surface area contributed by atoms with Crippen molar-refractivity contribution >= 4 is 23.1 Å². The van der Waals surface area contributed by atoms with E-state index >= 15 is 0 Å². The Bertz CT molecular complexity index is 237. The second-order valence-corrected chi connectivity index (χ2v) is 4.31. The van der Waals surface area contributed by atoms with Crippen LogP contribution >= 0.6 is 12.2 Å². The van der Waals surface area contributed by atoms with Gasteiger partial charge in [-0.3, -0.25) is 4.79 Å². The van der Waals surface area contributed by atoms with Crippen molar-refractivity contribution in [3.63, 3.8) is 0 Å². The largest absolute Gasteiger partial charge is 0.393 e. The van der Waals surface area contributed by atoms with Gasteiger partial charge in [-0.25, -0.2) is 0 Å². The van der Waals surface area contributed by atoms with Crippen LogP contribution in [0.2, 0.25) is 0 Å². The van der Waals surface area contributed by atoms with E-state index in [4.69, 9.17) is 18.0 Å². The molecular formula is C10H19N3OS. The molecule has 0 saturated carbocycles. The molecule has 0 aromatic carbocycles. The quantitative estimate of drug-likeness (QED) is 0.701. The Labute approximate surface area is 96.4 Å². The molecule has 0 aromatic rings. The van der Waals surface area contributed by atoms with E-state index in [1.807, 2.05) is 4.90 Å². The summed E-state index contributed by atoms with van der Waals surface area (Å²) in [6.07, 6.45) is 0.990. The van der Waals surface area contributed by atoms with E-state index < -0.39 is 0 Å². The van der Waals surface area contributed by atoms with Crippen LogP contribution in [0.1, 0.15) is 19.8 Å². The first-order valence-corrected chi connectivity index (χ1v) is 5.82. The van der Waals surface area contributed by atoms with Crippen molar-refractivity contribution in [1.82, 2.24) is 9.80 Å². The fourth-order valence-corrected chi connectivity index (χ4v) is 1.80. The number of rotatable bonds is 4. The highest BCUT2D eigenvalue weighted by atomic mass is 32.1. The lowest BCUT2D eigenvalue weighted by atomic mass is 10.2. The van der Waals surface area contributed by atoms with Crippen molar-refractivity contribution < 1.29 is 4.79 Å². The number of nitrogens with two attached hydrogens (primary N) is 1. The van der Waals surface area contributed by atoms with Crippen molar-refractivity contribution in [2.75, 3.05) is 32.7 Å². The van der Waals surface area contributed by atoms with Crippen molar-refractivity contribution in [2.24, 2.45) is 5.73 Å². The van der Waals surface area contributed by atoms with Gasteiger partial charge in [0.2, 0.25) is 5.91 Å². The molecule has 1 heterocycles. The van der Waals surface area contributed by atoms with Gasteiger partial charge in [0, 0.05) is 39.0 Å². The van der Waals surface area contributed by atoms with E-state index in [2.05, 4.69) is 11.8 Å². The maximum Gasteiger partial charge on any atom is 0.223 e. The molecule has 86 valence electrons. The number of hydrogen-bond donors (Lipinski definition) is 1. The maximum absolute atomic E-state index is 11.7. The number of piperazine rings is 1. The summed E-state index contributed by atoms with van der Waals surface area (Å²) in [6, 6.07) is 0. The standard InChI is InChI=1S/C10H19N3OS/c1-2-12-5-7-13(8-6-12)10(14)4-3-9(11)15/h2-8H2,1H3,(H2,11,15). The number of likely N-dealkylation sites (N-methyl/N-ethyl adjacent to an activating group) is 1. The fourth-order valence-electron chi connectivity index (χ4n) is 1.70. The highest BCUT2D eigenvalue weighted by Crippen LogP contribution is 2.04. The van der Waals surface area contributed by atoms with Crippen molar-refractivity contribution in [3.8, 4) is 0 Å². The van der Waals surface area contributed by atoms with Crippen LogP contribution in [-0.2, 0) is 4.79 Å². The lowest BCUT2D eigenvalue weighted by molar-refractivity contribution is -0.132. The van der Waals surface area contributed by atoms with Crippen LogP contribution < -0.4 is 5.73 Å². The van der Waals surface area contributed by atoms with E-state index in [0.717, 1.165) is 32.7 Å². The van der Waals surface area contributed by atoms with Crippen LogP contribution in [0.3, 0.4) is 0 Å². The summed E-state index contributed by atoms with van der Waals surface area (Å²) in [5.74, 6) is 0.179. The Balaban J connectivity index is 2.27. The average molecular weight is 229 g/mol. The molecule has 0 radical (unpaired) electrons. The van der Waals surface area contributed by atoms with Crippen molar-refractivity contribution in [1.29, 1.82) is 0 Å². The van der Waals surface area contributed by atoms with Gasteiger partial charge < -0.3 is 15.5 Å². The Morgan fingerprint density at radius 3 is 2.33 bits per heavy atom. The van der Waals surface area contributed by atoms with Crippen LogP contribution in [-0.4, -0.2) is 53.4 Å². The SMILES string of the molecule is CCN1CCN(C(=O)CCC(N)=S)CC1. The zero-order valence-corrected chi connectivity index (χ0v) is 10.1. The van der Waals surface area contributed by atoms with Gasteiger partial charge in [-0.05, 0) is 6.54 Å². The molecule has 1 aliphatic heterocycles. The van der Waals surface area contributed by atoms with Gasteiger partial charge in [0.25, 0.3) is 0 Å². The molecule has 1 fully saturated rings. The average Bonchev–Trinajstić information content (AvgIpc) is 2.26. The zero-order valence-electron chi connectivity index (χ0n) is 9.24. The molecule has 4 nitrogen and oxygen atoms in total. The molecule has 1 aliphatic rings. The first kappa shape index (κ1) is 12.4. The normalized spacial score (nSPS) is 17.8. The van der Waals surface area contributed by atoms with Gasteiger partial charge >= 0.3 is 0 Å². The molecule has 1 rings (SSSR count). The number of carbonyl (C=O) groups is 1. The third-order valence-corrected chi connectivity index (χ3v) is 2.96. The van der Waals surface area contributed by atoms with E-state index in [1.54, 1.807) is 0 Å². The number of nitrogens with zero attached hydrogens (tertiary/aromatic N) is 2. The fraction of sp³-hybridized carbons (Fsp3) is 0.800. The second kappa shape index (κ2) is 6.02. The third kappa shape index (κ3) is 4.13. The minimum atomic E-state index is 0.179. The summed E-state index contributed by atoms with van der Waals surface area (Å²) >= 11 is 4.75. The Kier molecular flexibility index (Phi) is 4.98. The van der Waals surface area contributed by atoms with Crippen LogP contribution in [0.5, 0.6) is 0 Å². The third-order valence-electron chi connectivity index (χ3n) is 2.76.